The Hall–Kier alpha value is -2.67. The van der Waals surface area contributed by atoms with Gasteiger partial charge >= 0.3 is 16.9 Å². The Morgan fingerprint density at radius 1 is 1.10 bits per heavy atom. The maximum absolute atomic E-state index is 11.4. The molecular weight excluding hydrogens is 286 g/mol. The van der Waals surface area contributed by atoms with Crippen LogP contribution < -0.4 is 11.2 Å². The average molecular weight is 294 g/mol. The largest absolute Gasteiger partial charge is 0.357 e. The van der Waals surface area contributed by atoms with Gasteiger partial charge in [0.1, 0.15) is 5.69 Å². The van der Waals surface area contributed by atoms with Crippen molar-refractivity contribution in [3.05, 3.63) is 71.5 Å². The summed E-state index contributed by atoms with van der Waals surface area (Å²) in [4.78, 5) is 36.5. The van der Waals surface area contributed by atoms with E-state index in [0.717, 1.165) is 0 Å². The van der Waals surface area contributed by atoms with Crippen molar-refractivity contribution in [2.75, 3.05) is 0 Å². The van der Waals surface area contributed by atoms with Crippen molar-refractivity contribution in [1.29, 1.82) is 0 Å². The van der Waals surface area contributed by atoms with Gasteiger partial charge in [-0.15, -0.1) is 0 Å². The quantitative estimate of drug-likeness (QED) is 0.664. The maximum Gasteiger partial charge on any atom is 0.357 e. The van der Waals surface area contributed by atoms with Crippen LogP contribution in [0.25, 0.3) is 12.2 Å². The number of aromatic amines is 2. The normalized spacial score (nSPS) is 10.8. The number of aromatic nitrogens is 2. The highest BCUT2D eigenvalue weighted by atomic mass is 35.5. The predicted molar refractivity (Wildman–Crippen MR) is 74.7 cm³/mol. The van der Waals surface area contributed by atoms with Crippen LogP contribution in [0.5, 0.6) is 0 Å². The first-order chi connectivity index (χ1) is 9.47. The second-order valence-electron chi connectivity index (χ2n) is 3.81. The molecule has 1 aromatic heterocycles. The van der Waals surface area contributed by atoms with Gasteiger partial charge in [-0.2, -0.15) is 0 Å². The Kier molecular flexibility index (Phi) is 3.81. The number of halogens is 1. The first kappa shape index (κ1) is 13.8. The van der Waals surface area contributed by atoms with E-state index in [1.807, 2.05) is 0 Å². The molecule has 20 heavy (non-hydrogen) atoms. The lowest BCUT2D eigenvalue weighted by molar-refractivity contribution is -0.386. The van der Waals surface area contributed by atoms with Gasteiger partial charge in [-0.05, 0) is 23.8 Å². The number of hydrogen-bond donors (Lipinski definition) is 2. The number of nitrogens with zero attached hydrogens (tertiary/aromatic N) is 1. The smallest absolute Gasteiger partial charge is 0.301 e. The van der Waals surface area contributed by atoms with Crippen LogP contribution in [0.1, 0.15) is 11.3 Å². The van der Waals surface area contributed by atoms with Gasteiger partial charge in [0, 0.05) is 5.02 Å². The van der Waals surface area contributed by atoms with Gasteiger partial charge in [-0.1, -0.05) is 29.8 Å². The SMILES string of the molecule is O=c1[nH]c(/C=C\c2ccc(Cl)cc2)c([N+](=O)[O-])c(=O)[nH]1. The lowest BCUT2D eigenvalue weighted by atomic mass is 10.2. The number of rotatable bonds is 3. The van der Waals surface area contributed by atoms with Crippen molar-refractivity contribution >= 4 is 29.4 Å². The number of hydrogen-bond acceptors (Lipinski definition) is 4. The molecule has 0 bridgehead atoms. The summed E-state index contributed by atoms with van der Waals surface area (Å²) in [5.74, 6) is 0. The van der Waals surface area contributed by atoms with E-state index in [4.69, 9.17) is 11.6 Å². The van der Waals surface area contributed by atoms with Crippen molar-refractivity contribution in [3.63, 3.8) is 0 Å². The standard InChI is InChI=1S/C12H8ClN3O4/c13-8-4-1-7(2-5-8)3-6-9-10(16(19)20)11(17)15-12(18)14-9/h1-6H,(H2,14,15,17,18)/b6-3-. The highest BCUT2D eigenvalue weighted by Gasteiger charge is 2.18. The fourth-order valence-electron chi connectivity index (χ4n) is 1.55. The zero-order valence-electron chi connectivity index (χ0n) is 9.92. The van der Waals surface area contributed by atoms with E-state index >= 15 is 0 Å². The molecule has 0 aliphatic heterocycles. The summed E-state index contributed by atoms with van der Waals surface area (Å²) in [5, 5.41) is 11.4. The molecule has 0 unspecified atom stereocenters. The van der Waals surface area contributed by atoms with E-state index in [1.165, 1.54) is 12.2 Å². The molecule has 0 radical (unpaired) electrons. The molecule has 0 amide bonds. The van der Waals surface area contributed by atoms with Crippen LogP contribution in [0, 0.1) is 10.1 Å². The Morgan fingerprint density at radius 3 is 2.35 bits per heavy atom. The van der Waals surface area contributed by atoms with Crippen molar-refractivity contribution in [3.8, 4) is 0 Å². The molecule has 0 aliphatic rings. The predicted octanol–water partition coefficient (Wildman–Crippen LogP) is 1.80. The fraction of sp³-hybridized carbons (Fsp3) is 0. The van der Waals surface area contributed by atoms with Crippen LogP contribution in [0.4, 0.5) is 5.69 Å². The second-order valence-corrected chi connectivity index (χ2v) is 4.25. The Bertz CT molecular complexity index is 790. The Labute approximate surface area is 116 Å². The van der Waals surface area contributed by atoms with Gasteiger partial charge in [0.05, 0.1) is 4.92 Å². The molecule has 0 spiro atoms. The van der Waals surface area contributed by atoms with E-state index in [1.54, 1.807) is 29.2 Å². The van der Waals surface area contributed by atoms with E-state index in [9.17, 15) is 19.7 Å². The van der Waals surface area contributed by atoms with Gasteiger partial charge in [-0.3, -0.25) is 19.9 Å². The van der Waals surface area contributed by atoms with E-state index in [0.29, 0.717) is 10.6 Å². The van der Waals surface area contributed by atoms with Crippen LogP contribution in [0.15, 0.2) is 33.9 Å². The molecule has 0 fully saturated rings. The maximum atomic E-state index is 11.4. The molecule has 2 N–H and O–H groups in total. The van der Waals surface area contributed by atoms with Crippen LogP contribution >= 0.6 is 11.6 Å². The van der Waals surface area contributed by atoms with Crippen LogP contribution in [-0.2, 0) is 0 Å². The first-order valence-electron chi connectivity index (χ1n) is 5.42. The summed E-state index contributed by atoms with van der Waals surface area (Å²) >= 11 is 5.73. The Balaban J connectivity index is 2.48. The molecule has 7 nitrogen and oxygen atoms in total. The minimum atomic E-state index is -1.05. The van der Waals surface area contributed by atoms with E-state index < -0.39 is 21.9 Å². The Morgan fingerprint density at radius 2 is 1.75 bits per heavy atom. The van der Waals surface area contributed by atoms with E-state index in [-0.39, 0.29) is 5.69 Å². The van der Waals surface area contributed by atoms with Crippen molar-refractivity contribution < 1.29 is 4.92 Å². The van der Waals surface area contributed by atoms with Crippen molar-refractivity contribution in [1.82, 2.24) is 9.97 Å². The lowest BCUT2D eigenvalue weighted by Crippen LogP contribution is -2.25. The monoisotopic (exact) mass is 293 g/mol. The van der Waals surface area contributed by atoms with Gasteiger partial charge in [-0.25, -0.2) is 4.79 Å². The molecule has 2 aromatic rings. The molecule has 0 saturated carbocycles. The summed E-state index contributed by atoms with van der Waals surface area (Å²) in [6, 6.07) is 6.68. The molecule has 1 heterocycles. The highest BCUT2D eigenvalue weighted by Crippen LogP contribution is 2.14. The number of nitro groups is 1. The molecule has 0 saturated heterocycles. The molecule has 8 heteroatoms. The first-order valence-corrected chi connectivity index (χ1v) is 5.80. The average Bonchev–Trinajstić information content (AvgIpc) is 2.36. The van der Waals surface area contributed by atoms with Crippen LogP contribution in [-0.4, -0.2) is 14.9 Å². The summed E-state index contributed by atoms with van der Waals surface area (Å²) in [5.41, 5.74) is -2.02. The van der Waals surface area contributed by atoms with Crippen LogP contribution in [0.2, 0.25) is 5.02 Å². The molecular formula is C12H8ClN3O4. The highest BCUT2D eigenvalue weighted by molar-refractivity contribution is 6.30. The summed E-state index contributed by atoms with van der Waals surface area (Å²) in [6.45, 7) is 0. The minimum Gasteiger partial charge on any atom is -0.301 e. The molecule has 0 atom stereocenters. The zero-order chi connectivity index (χ0) is 14.7. The summed E-state index contributed by atoms with van der Waals surface area (Å²) < 4.78 is 0. The molecule has 0 aliphatic carbocycles. The summed E-state index contributed by atoms with van der Waals surface area (Å²) in [6.07, 6.45) is 2.81. The second kappa shape index (κ2) is 5.54. The van der Waals surface area contributed by atoms with E-state index in [2.05, 4.69) is 4.98 Å². The molecule has 2 rings (SSSR count). The van der Waals surface area contributed by atoms with Crippen molar-refractivity contribution in [2.24, 2.45) is 0 Å². The lowest BCUT2D eigenvalue weighted by Gasteiger charge is -1.97. The van der Waals surface area contributed by atoms with Crippen LogP contribution in [0.3, 0.4) is 0 Å². The van der Waals surface area contributed by atoms with Gasteiger partial charge in [0.25, 0.3) is 0 Å². The number of nitrogens with one attached hydrogen (secondary N) is 2. The third kappa shape index (κ3) is 3.01. The number of benzene rings is 1. The summed E-state index contributed by atoms with van der Waals surface area (Å²) in [7, 11) is 0. The van der Waals surface area contributed by atoms with Gasteiger partial charge in [0.2, 0.25) is 0 Å². The minimum absolute atomic E-state index is 0.168. The third-order valence-electron chi connectivity index (χ3n) is 2.44. The van der Waals surface area contributed by atoms with Gasteiger partial charge < -0.3 is 4.98 Å². The molecule has 102 valence electrons. The topological polar surface area (TPSA) is 109 Å². The number of H-pyrrole nitrogens is 2. The third-order valence-corrected chi connectivity index (χ3v) is 2.69. The fourth-order valence-corrected chi connectivity index (χ4v) is 1.68. The van der Waals surface area contributed by atoms with Crippen molar-refractivity contribution in [2.45, 2.75) is 0 Å². The molecule has 1 aromatic carbocycles. The zero-order valence-corrected chi connectivity index (χ0v) is 10.7. The van der Waals surface area contributed by atoms with Gasteiger partial charge in [0.15, 0.2) is 0 Å².